The summed E-state index contributed by atoms with van der Waals surface area (Å²) < 4.78 is 0. The molecule has 2 rings (SSSR count). The molecule has 0 aromatic heterocycles. The molecule has 0 aliphatic heterocycles. The lowest BCUT2D eigenvalue weighted by molar-refractivity contribution is -0.120. The number of nitrogens with two attached hydrogens (primary N) is 1. The maximum Gasteiger partial charge on any atom is 0.239 e. The average molecular weight is 267 g/mol. The molecule has 1 aromatic carbocycles. The zero-order valence-corrected chi connectivity index (χ0v) is 11.1. The summed E-state index contributed by atoms with van der Waals surface area (Å²) >= 11 is 5.85. The number of amides is 1. The summed E-state index contributed by atoms with van der Waals surface area (Å²) in [6, 6.07) is 7.27. The first kappa shape index (κ1) is 13.4. The molecular formula is C14H19ClN2O. The minimum Gasteiger partial charge on any atom is -0.368 e. The second-order valence-electron chi connectivity index (χ2n) is 4.89. The third-order valence-electron chi connectivity index (χ3n) is 3.50. The van der Waals surface area contributed by atoms with Crippen LogP contribution in [0.4, 0.5) is 0 Å². The number of primary amides is 1. The van der Waals surface area contributed by atoms with Crippen molar-refractivity contribution in [3.8, 4) is 0 Å². The molecule has 1 aliphatic carbocycles. The van der Waals surface area contributed by atoms with Gasteiger partial charge in [0.25, 0.3) is 0 Å². The third-order valence-corrected chi connectivity index (χ3v) is 3.75. The van der Waals surface area contributed by atoms with Gasteiger partial charge in [-0.15, -0.1) is 0 Å². The first-order chi connectivity index (χ1) is 8.66. The molecule has 0 radical (unpaired) electrons. The zero-order valence-electron chi connectivity index (χ0n) is 10.4. The van der Waals surface area contributed by atoms with Crippen LogP contribution in [0.3, 0.4) is 0 Å². The van der Waals surface area contributed by atoms with E-state index >= 15 is 0 Å². The van der Waals surface area contributed by atoms with Gasteiger partial charge in [-0.3, -0.25) is 10.1 Å². The van der Waals surface area contributed by atoms with Crippen molar-refractivity contribution in [1.82, 2.24) is 5.32 Å². The van der Waals surface area contributed by atoms with Gasteiger partial charge in [-0.1, -0.05) is 43.0 Å². The maximum absolute atomic E-state index is 11.6. The van der Waals surface area contributed by atoms with E-state index in [1.54, 1.807) is 12.1 Å². The SMILES string of the molecule is NC(=O)C(NC1CCCCC1)c1ccc(Cl)cc1. The number of nitrogens with one attached hydrogen (secondary N) is 1. The lowest BCUT2D eigenvalue weighted by atomic mass is 9.94. The van der Waals surface area contributed by atoms with Crippen molar-refractivity contribution in [2.24, 2.45) is 5.73 Å². The summed E-state index contributed by atoms with van der Waals surface area (Å²) in [6.07, 6.45) is 5.99. The van der Waals surface area contributed by atoms with Gasteiger partial charge in [0.05, 0.1) is 0 Å². The maximum atomic E-state index is 11.6. The summed E-state index contributed by atoms with van der Waals surface area (Å²) in [5.74, 6) is -0.331. The van der Waals surface area contributed by atoms with Crippen LogP contribution in [0.25, 0.3) is 0 Å². The van der Waals surface area contributed by atoms with E-state index in [9.17, 15) is 4.79 Å². The van der Waals surface area contributed by atoms with Crippen LogP contribution in [0.2, 0.25) is 5.02 Å². The van der Waals surface area contributed by atoms with Crippen LogP contribution >= 0.6 is 11.6 Å². The van der Waals surface area contributed by atoms with E-state index in [-0.39, 0.29) is 5.91 Å². The van der Waals surface area contributed by atoms with E-state index in [4.69, 9.17) is 17.3 Å². The molecule has 3 nitrogen and oxygen atoms in total. The van der Waals surface area contributed by atoms with Crippen LogP contribution < -0.4 is 11.1 Å². The van der Waals surface area contributed by atoms with Gasteiger partial charge in [-0.2, -0.15) is 0 Å². The van der Waals surface area contributed by atoms with Crippen molar-refractivity contribution in [3.63, 3.8) is 0 Å². The largest absolute Gasteiger partial charge is 0.368 e. The molecule has 98 valence electrons. The van der Waals surface area contributed by atoms with Gasteiger partial charge >= 0.3 is 0 Å². The molecule has 1 fully saturated rings. The molecule has 1 aromatic rings. The molecule has 4 heteroatoms. The summed E-state index contributed by atoms with van der Waals surface area (Å²) in [5, 5.41) is 4.04. The molecule has 1 amide bonds. The Balaban J connectivity index is 2.07. The number of carbonyl (C=O) groups is 1. The Morgan fingerprint density at radius 1 is 1.22 bits per heavy atom. The van der Waals surface area contributed by atoms with Crippen LogP contribution in [-0.2, 0) is 4.79 Å². The molecule has 3 N–H and O–H groups in total. The highest BCUT2D eigenvalue weighted by Crippen LogP contribution is 2.22. The Bertz CT molecular complexity index is 399. The van der Waals surface area contributed by atoms with Gasteiger partial charge in [0.1, 0.15) is 6.04 Å². The average Bonchev–Trinajstić information content (AvgIpc) is 2.38. The number of rotatable bonds is 4. The molecule has 1 aliphatic rings. The Morgan fingerprint density at radius 2 is 1.83 bits per heavy atom. The van der Waals surface area contributed by atoms with Crippen molar-refractivity contribution >= 4 is 17.5 Å². The molecular weight excluding hydrogens is 248 g/mol. The summed E-state index contributed by atoms with van der Waals surface area (Å²) in [4.78, 5) is 11.6. The fraction of sp³-hybridized carbons (Fsp3) is 0.500. The Labute approximate surface area is 113 Å². The molecule has 0 bridgehead atoms. The fourth-order valence-corrected chi connectivity index (χ4v) is 2.63. The number of halogens is 1. The van der Waals surface area contributed by atoms with Crippen LogP contribution in [0, 0.1) is 0 Å². The second-order valence-corrected chi connectivity index (χ2v) is 5.32. The number of benzene rings is 1. The van der Waals surface area contributed by atoms with Gasteiger partial charge in [0.2, 0.25) is 5.91 Å². The lowest BCUT2D eigenvalue weighted by Gasteiger charge is -2.27. The fourth-order valence-electron chi connectivity index (χ4n) is 2.50. The van der Waals surface area contributed by atoms with Crippen LogP contribution in [-0.4, -0.2) is 11.9 Å². The van der Waals surface area contributed by atoms with Crippen molar-refractivity contribution in [3.05, 3.63) is 34.9 Å². The smallest absolute Gasteiger partial charge is 0.239 e. The van der Waals surface area contributed by atoms with Gasteiger partial charge in [0.15, 0.2) is 0 Å². The monoisotopic (exact) mass is 266 g/mol. The van der Waals surface area contributed by atoms with E-state index in [0.717, 1.165) is 18.4 Å². The Kier molecular flexibility index (Phi) is 4.61. The normalized spacial score (nSPS) is 18.5. The number of hydrogen-bond acceptors (Lipinski definition) is 2. The number of hydrogen-bond donors (Lipinski definition) is 2. The van der Waals surface area contributed by atoms with Crippen LogP contribution in [0.1, 0.15) is 43.7 Å². The first-order valence-corrected chi connectivity index (χ1v) is 6.85. The zero-order chi connectivity index (χ0) is 13.0. The van der Waals surface area contributed by atoms with Gasteiger partial charge in [-0.25, -0.2) is 0 Å². The Hall–Kier alpha value is -1.06. The topological polar surface area (TPSA) is 55.1 Å². The standard InChI is InChI=1S/C14H19ClN2O/c15-11-8-6-10(7-9-11)13(14(16)18)17-12-4-2-1-3-5-12/h6-9,12-13,17H,1-5H2,(H2,16,18). The predicted molar refractivity (Wildman–Crippen MR) is 73.4 cm³/mol. The van der Waals surface area contributed by atoms with Gasteiger partial charge in [-0.05, 0) is 30.5 Å². The molecule has 0 heterocycles. The first-order valence-electron chi connectivity index (χ1n) is 6.47. The quantitative estimate of drug-likeness (QED) is 0.880. The highest BCUT2D eigenvalue weighted by molar-refractivity contribution is 6.30. The second kappa shape index (κ2) is 6.21. The van der Waals surface area contributed by atoms with E-state index in [2.05, 4.69) is 5.32 Å². The Morgan fingerprint density at radius 3 is 2.39 bits per heavy atom. The van der Waals surface area contributed by atoms with E-state index < -0.39 is 6.04 Å². The van der Waals surface area contributed by atoms with Crippen LogP contribution in [0.5, 0.6) is 0 Å². The highest BCUT2D eigenvalue weighted by atomic mass is 35.5. The van der Waals surface area contributed by atoms with Crippen LogP contribution in [0.15, 0.2) is 24.3 Å². The van der Waals surface area contributed by atoms with Gasteiger partial charge in [0, 0.05) is 11.1 Å². The molecule has 1 atom stereocenters. The predicted octanol–water partition coefficient (Wildman–Crippen LogP) is 2.79. The minimum absolute atomic E-state index is 0.331. The minimum atomic E-state index is -0.412. The summed E-state index contributed by atoms with van der Waals surface area (Å²) in [7, 11) is 0. The van der Waals surface area contributed by atoms with Gasteiger partial charge < -0.3 is 5.73 Å². The van der Waals surface area contributed by atoms with Crippen molar-refractivity contribution in [2.45, 2.75) is 44.2 Å². The molecule has 18 heavy (non-hydrogen) atoms. The number of carbonyl (C=O) groups excluding carboxylic acids is 1. The molecule has 1 unspecified atom stereocenters. The van der Waals surface area contributed by atoms with E-state index in [0.29, 0.717) is 11.1 Å². The van der Waals surface area contributed by atoms with E-state index in [1.165, 1.54) is 19.3 Å². The summed E-state index contributed by atoms with van der Waals surface area (Å²) in [6.45, 7) is 0. The van der Waals surface area contributed by atoms with Crippen molar-refractivity contribution in [2.75, 3.05) is 0 Å². The summed E-state index contributed by atoms with van der Waals surface area (Å²) in [5.41, 5.74) is 6.38. The lowest BCUT2D eigenvalue weighted by Crippen LogP contribution is -2.40. The molecule has 0 saturated heterocycles. The van der Waals surface area contributed by atoms with Crippen molar-refractivity contribution < 1.29 is 4.79 Å². The van der Waals surface area contributed by atoms with E-state index in [1.807, 2.05) is 12.1 Å². The molecule has 0 spiro atoms. The third kappa shape index (κ3) is 3.47. The van der Waals surface area contributed by atoms with Crippen molar-refractivity contribution in [1.29, 1.82) is 0 Å². The highest BCUT2D eigenvalue weighted by Gasteiger charge is 2.22. The molecule has 1 saturated carbocycles.